The summed E-state index contributed by atoms with van der Waals surface area (Å²) < 4.78 is 1.57. The number of rotatable bonds is 3. The van der Waals surface area contributed by atoms with Crippen LogP contribution in [0.4, 0.5) is 0 Å². The first-order valence-corrected chi connectivity index (χ1v) is 5.37. The van der Waals surface area contributed by atoms with Crippen LogP contribution in [0, 0.1) is 13.8 Å². The van der Waals surface area contributed by atoms with Gasteiger partial charge in [-0.1, -0.05) is 17.7 Å². The smallest absolute Gasteiger partial charge is 0.323 e. The molecule has 0 fully saturated rings. The molecule has 88 valence electrons. The van der Waals surface area contributed by atoms with Crippen LogP contribution < -0.4 is 0 Å². The van der Waals surface area contributed by atoms with Gasteiger partial charge in [0.15, 0.2) is 0 Å². The number of nitrogens with zero attached hydrogens (tertiary/aromatic N) is 2. The van der Waals surface area contributed by atoms with Crippen molar-refractivity contribution >= 4 is 5.97 Å². The lowest BCUT2D eigenvalue weighted by Gasteiger charge is -2.03. The van der Waals surface area contributed by atoms with E-state index in [1.165, 1.54) is 5.56 Å². The molecule has 1 N–H and O–H groups in total. The largest absolute Gasteiger partial charge is 0.480 e. The number of hydrogen-bond acceptors (Lipinski definition) is 2. The lowest BCUT2D eigenvalue weighted by Crippen LogP contribution is -2.06. The first kappa shape index (κ1) is 11.4. The van der Waals surface area contributed by atoms with E-state index in [4.69, 9.17) is 5.11 Å². The molecule has 0 bridgehead atoms. The van der Waals surface area contributed by atoms with Crippen LogP contribution in [0.2, 0.25) is 0 Å². The standard InChI is InChI=1S/C13H14N2O2/c1-9-3-4-10(2)11(5-9)12-6-15(8-14-12)7-13(16)17/h3-6,8H,7H2,1-2H3,(H,16,17). The highest BCUT2D eigenvalue weighted by Gasteiger charge is 2.07. The van der Waals surface area contributed by atoms with E-state index in [0.717, 1.165) is 16.8 Å². The van der Waals surface area contributed by atoms with E-state index in [1.54, 1.807) is 17.1 Å². The molecule has 0 aliphatic carbocycles. The van der Waals surface area contributed by atoms with Crippen LogP contribution in [-0.2, 0) is 11.3 Å². The molecule has 0 atom stereocenters. The molecule has 0 aliphatic heterocycles. The van der Waals surface area contributed by atoms with Crippen LogP contribution in [0.5, 0.6) is 0 Å². The number of carboxylic acids is 1. The van der Waals surface area contributed by atoms with Gasteiger partial charge in [0.1, 0.15) is 6.54 Å². The Morgan fingerprint density at radius 3 is 2.88 bits per heavy atom. The topological polar surface area (TPSA) is 55.1 Å². The molecule has 0 spiro atoms. The maximum atomic E-state index is 10.6. The molecular formula is C13H14N2O2. The van der Waals surface area contributed by atoms with Gasteiger partial charge in [-0.25, -0.2) is 4.98 Å². The zero-order valence-corrected chi connectivity index (χ0v) is 9.84. The molecule has 0 unspecified atom stereocenters. The molecule has 17 heavy (non-hydrogen) atoms. The average molecular weight is 230 g/mol. The fourth-order valence-corrected chi connectivity index (χ4v) is 1.75. The fraction of sp³-hybridized carbons (Fsp3) is 0.231. The summed E-state index contributed by atoms with van der Waals surface area (Å²) in [5, 5.41) is 8.70. The molecule has 4 heteroatoms. The van der Waals surface area contributed by atoms with Crippen molar-refractivity contribution in [3.63, 3.8) is 0 Å². The first-order chi connectivity index (χ1) is 8.06. The Morgan fingerprint density at radius 1 is 1.41 bits per heavy atom. The van der Waals surface area contributed by atoms with Crippen molar-refractivity contribution in [2.24, 2.45) is 0 Å². The Kier molecular flexibility index (Phi) is 2.95. The number of benzene rings is 1. The van der Waals surface area contributed by atoms with Gasteiger partial charge in [-0.3, -0.25) is 4.79 Å². The van der Waals surface area contributed by atoms with Gasteiger partial charge in [0.25, 0.3) is 0 Å². The Hall–Kier alpha value is -2.10. The van der Waals surface area contributed by atoms with Crippen molar-refractivity contribution in [3.05, 3.63) is 41.9 Å². The monoisotopic (exact) mass is 230 g/mol. The van der Waals surface area contributed by atoms with Crippen LogP contribution >= 0.6 is 0 Å². The van der Waals surface area contributed by atoms with E-state index in [2.05, 4.69) is 11.1 Å². The number of aromatic nitrogens is 2. The van der Waals surface area contributed by atoms with Gasteiger partial charge in [0.2, 0.25) is 0 Å². The fourth-order valence-electron chi connectivity index (χ4n) is 1.75. The summed E-state index contributed by atoms with van der Waals surface area (Å²) in [5.41, 5.74) is 4.16. The van der Waals surface area contributed by atoms with Gasteiger partial charge in [-0.05, 0) is 25.5 Å². The molecule has 2 rings (SSSR count). The number of hydrogen-bond donors (Lipinski definition) is 1. The Labute approximate surface area is 99.5 Å². The molecule has 2 aromatic rings. The zero-order valence-electron chi connectivity index (χ0n) is 9.84. The normalized spacial score (nSPS) is 10.5. The highest BCUT2D eigenvalue weighted by Crippen LogP contribution is 2.22. The van der Waals surface area contributed by atoms with Crippen LogP contribution in [0.25, 0.3) is 11.3 Å². The summed E-state index contributed by atoms with van der Waals surface area (Å²) in [7, 11) is 0. The second-order valence-electron chi connectivity index (χ2n) is 4.14. The van der Waals surface area contributed by atoms with Crippen molar-refractivity contribution in [1.82, 2.24) is 9.55 Å². The second-order valence-corrected chi connectivity index (χ2v) is 4.14. The maximum absolute atomic E-state index is 10.6. The average Bonchev–Trinajstić information content (AvgIpc) is 2.69. The van der Waals surface area contributed by atoms with Crippen LogP contribution in [0.1, 0.15) is 11.1 Å². The van der Waals surface area contributed by atoms with Crippen LogP contribution in [-0.4, -0.2) is 20.6 Å². The van der Waals surface area contributed by atoms with Crippen molar-refractivity contribution in [1.29, 1.82) is 0 Å². The summed E-state index contributed by atoms with van der Waals surface area (Å²) in [6, 6.07) is 6.15. The number of carboxylic acid groups (broad SMARTS) is 1. The Bertz CT molecular complexity index is 558. The molecular weight excluding hydrogens is 216 g/mol. The van der Waals surface area contributed by atoms with E-state index in [1.807, 2.05) is 26.0 Å². The Balaban J connectivity index is 2.36. The maximum Gasteiger partial charge on any atom is 0.323 e. The van der Waals surface area contributed by atoms with Crippen LogP contribution in [0.3, 0.4) is 0 Å². The number of imidazole rings is 1. The molecule has 0 saturated heterocycles. The number of aliphatic carboxylic acids is 1. The van der Waals surface area contributed by atoms with Gasteiger partial charge in [0.05, 0.1) is 12.0 Å². The van der Waals surface area contributed by atoms with E-state index >= 15 is 0 Å². The summed E-state index contributed by atoms with van der Waals surface area (Å²) >= 11 is 0. The van der Waals surface area contributed by atoms with Gasteiger partial charge in [0, 0.05) is 11.8 Å². The highest BCUT2D eigenvalue weighted by atomic mass is 16.4. The third-order valence-electron chi connectivity index (χ3n) is 2.62. The molecule has 0 aliphatic rings. The molecule has 1 aromatic heterocycles. The van der Waals surface area contributed by atoms with E-state index in [9.17, 15) is 4.79 Å². The minimum absolute atomic E-state index is 0.0577. The molecule has 0 radical (unpaired) electrons. The first-order valence-electron chi connectivity index (χ1n) is 5.37. The van der Waals surface area contributed by atoms with Gasteiger partial charge < -0.3 is 9.67 Å². The predicted molar refractivity (Wildman–Crippen MR) is 64.8 cm³/mol. The molecule has 0 amide bonds. The minimum atomic E-state index is -0.866. The minimum Gasteiger partial charge on any atom is -0.480 e. The quantitative estimate of drug-likeness (QED) is 0.879. The third-order valence-corrected chi connectivity index (χ3v) is 2.62. The van der Waals surface area contributed by atoms with E-state index < -0.39 is 5.97 Å². The SMILES string of the molecule is Cc1ccc(C)c(-c2cn(CC(=O)O)cn2)c1. The van der Waals surface area contributed by atoms with E-state index in [0.29, 0.717) is 0 Å². The number of aryl methyl sites for hydroxylation is 2. The van der Waals surface area contributed by atoms with Gasteiger partial charge in [-0.2, -0.15) is 0 Å². The molecule has 0 saturated carbocycles. The number of carbonyl (C=O) groups is 1. The van der Waals surface area contributed by atoms with Crippen molar-refractivity contribution in [2.45, 2.75) is 20.4 Å². The summed E-state index contributed by atoms with van der Waals surface area (Å²) in [5.74, 6) is -0.866. The lowest BCUT2D eigenvalue weighted by molar-refractivity contribution is -0.137. The predicted octanol–water partition coefficient (Wildman–Crippen LogP) is 2.25. The lowest BCUT2D eigenvalue weighted by atomic mass is 10.0. The zero-order chi connectivity index (χ0) is 12.4. The second kappa shape index (κ2) is 4.41. The summed E-state index contributed by atoms with van der Waals surface area (Å²) in [6.45, 7) is 3.99. The third kappa shape index (κ3) is 2.53. The van der Waals surface area contributed by atoms with Crippen molar-refractivity contribution < 1.29 is 9.90 Å². The summed E-state index contributed by atoms with van der Waals surface area (Å²) in [6.07, 6.45) is 3.31. The van der Waals surface area contributed by atoms with E-state index in [-0.39, 0.29) is 6.54 Å². The highest BCUT2D eigenvalue weighted by molar-refractivity contribution is 5.67. The van der Waals surface area contributed by atoms with Crippen molar-refractivity contribution in [3.8, 4) is 11.3 Å². The van der Waals surface area contributed by atoms with Crippen LogP contribution in [0.15, 0.2) is 30.7 Å². The molecule has 4 nitrogen and oxygen atoms in total. The van der Waals surface area contributed by atoms with Gasteiger partial charge >= 0.3 is 5.97 Å². The molecule has 1 heterocycles. The summed E-state index contributed by atoms with van der Waals surface area (Å²) in [4.78, 5) is 14.8. The van der Waals surface area contributed by atoms with Crippen molar-refractivity contribution in [2.75, 3.05) is 0 Å². The van der Waals surface area contributed by atoms with Gasteiger partial charge in [-0.15, -0.1) is 0 Å². The Morgan fingerprint density at radius 2 is 2.18 bits per heavy atom. The molecule has 1 aromatic carbocycles.